The number of benzene rings is 3. The van der Waals surface area contributed by atoms with Crippen molar-refractivity contribution in [2.75, 3.05) is 44.2 Å². The molecular formula is C34H38ClFN4O3. The lowest BCUT2D eigenvalue weighted by molar-refractivity contribution is -0.136. The maximum absolute atomic E-state index is 14.1. The van der Waals surface area contributed by atoms with Gasteiger partial charge >= 0.3 is 0 Å². The molecule has 5 rings (SSSR count). The van der Waals surface area contributed by atoms with E-state index in [1.807, 2.05) is 29.2 Å². The number of fused-ring (bicyclic) bond motifs is 1. The van der Waals surface area contributed by atoms with Crippen LogP contribution in [-0.4, -0.2) is 71.7 Å². The summed E-state index contributed by atoms with van der Waals surface area (Å²) in [5.74, 6) is -0.924. The lowest BCUT2D eigenvalue weighted by Gasteiger charge is -2.30. The molecule has 0 aromatic heterocycles. The molecule has 3 aromatic carbocycles. The number of rotatable bonds is 6. The van der Waals surface area contributed by atoms with Crippen LogP contribution in [0, 0.1) is 11.7 Å². The summed E-state index contributed by atoms with van der Waals surface area (Å²) in [5, 5.41) is 0.529. The first-order valence-corrected chi connectivity index (χ1v) is 15.3. The highest BCUT2D eigenvalue weighted by molar-refractivity contribution is 6.31. The van der Waals surface area contributed by atoms with Gasteiger partial charge in [0.2, 0.25) is 17.7 Å². The first-order valence-electron chi connectivity index (χ1n) is 14.9. The molecule has 0 bridgehead atoms. The molecule has 0 spiro atoms. The number of hydrogen-bond donors (Lipinski definition) is 0. The molecule has 3 aromatic rings. The Morgan fingerprint density at radius 2 is 1.70 bits per heavy atom. The summed E-state index contributed by atoms with van der Waals surface area (Å²) in [6.45, 7) is 5.91. The highest BCUT2D eigenvalue weighted by Gasteiger charge is 2.37. The SMILES string of the molecule is CC(=O)N1CCCN(Cc2ccccc2)CCN(C(=O)C2CC(=O)N(CCc3ccc(F)cc3)C2)Cc2ccc(Cl)cc21. The van der Waals surface area contributed by atoms with Crippen LogP contribution in [0.2, 0.25) is 5.02 Å². The predicted octanol–water partition coefficient (Wildman–Crippen LogP) is 5.16. The topological polar surface area (TPSA) is 64.2 Å². The molecule has 0 radical (unpaired) electrons. The van der Waals surface area contributed by atoms with Crippen LogP contribution in [0.4, 0.5) is 10.1 Å². The molecule has 1 saturated heterocycles. The molecule has 226 valence electrons. The molecule has 0 N–H and O–H groups in total. The van der Waals surface area contributed by atoms with Crippen molar-refractivity contribution in [2.24, 2.45) is 5.92 Å². The van der Waals surface area contributed by atoms with Gasteiger partial charge in [-0.15, -0.1) is 0 Å². The standard InChI is InChI=1S/C34H38ClFN4O3/c1-25(41)40-16-5-15-37(22-27-6-3-2-4-7-27)18-19-39(23-28-10-11-30(35)21-32(28)40)34(43)29-20-33(42)38(24-29)17-14-26-8-12-31(36)13-9-26/h2-4,6-13,21,29H,5,14-20,22-24H2,1H3. The van der Waals surface area contributed by atoms with Crippen molar-refractivity contribution in [1.82, 2.24) is 14.7 Å². The van der Waals surface area contributed by atoms with Gasteiger partial charge in [-0.05, 0) is 53.8 Å². The van der Waals surface area contributed by atoms with Gasteiger partial charge in [0.25, 0.3) is 0 Å². The number of likely N-dealkylation sites (tertiary alicyclic amines) is 1. The van der Waals surface area contributed by atoms with Crippen molar-refractivity contribution in [1.29, 1.82) is 0 Å². The van der Waals surface area contributed by atoms with Gasteiger partial charge in [0.05, 0.1) is 11.6 Å². The average Bonchev–Trinajstić information content (AvgIpc) is 3.36. The van der Waals surface area contributed by atoms with Gasteiger partial charge < -0.3 is 14.7 Å². The van der Waals surface area contributed by atoms with Crippen LogP contribution >= 0.6 is 11.6 Å². The molecule has 7 nitrogen and oxygen atoms in total. The summed E-state index contributed by atoms with van der Waals surface area (Å²) in [4.78, 5) is 47.5. The highest BCUT2D eigenvalue weighted by Crippen LogP contribution is 2.29. The molecule has 0 aliphatic carbocycles. The maximum Gasteiger partial charge on any atom is 0.228 e. The van der Waals surface area contributed by atoms with E-state index in [2.05, 4.69) is 17.0 Å². The Hall–Kier alpha value is -3.75. The Labute approximate surface area is 257 Å². The van der Waals surface area contributed by atoms with E-state index in [-0.39, 0.29) is 30.0 Å². The Bertz CT molecular complexity index is 1440. The summed E-state index contributed by atoms with van der Waals surface area (Å²) < 4.78 is 13.3. The largest absolute Gasteiger partial charge is 0.342 e. The predicted molar refractivity (Wildman–Crippen MR) is 166 cm³/mol. The van der Waals surface area contributed by atoms with E-state index in [0.717, 1.165) is 36.3 Å². The second-order valence-corrected chi connectivity index (χ2v) is 11.9. The van der Waals surface area contributed by atoms with Crippen LogP contribution in [-0.2, 0) is 33.9 Å². The molecule has 2 heterocycles. The second-order valence-electron chi connectivity index (χ2n) is 11.4. The van der Waals surface area contributed by atoms with Crippen LogP contribution in [0.25, 0.3) is 0 Å². The van der Waals surface area contributed by atoms with Crippen LogP contribution in [0.1, 0.15) is 36.5 Å². The van der Waals surface area contributed by atoms with Crippen molar-refractivity contribution in [3.05, 3.63) is 100 Å². The molecule has 1 unspecified atom stereocenters. The Balaban J connectivity index is 1.36. The van der Waals surface area contributed by atoms with Gasteiger partial charge in [0, 0.05) is 70.7 Å². The number of anilines is 1. The van der Waals surface area contributed by atoms with Gasteiger partial charge in [0.1, 0.15) is 5.82 Å². The third-order valence-electron chi connectivity index (χ3n) is 8.33. The van der Waals surface area contributed by atoms with Crippen molar-refractivity contribution < 1.29 is 18.8 Å². The van der Waals surface area contributed by atoms with Crippen LogP contribution in [0.5, 0.6) is 0 Å². The fourth-order valence-electron chi connectivity index (χ4n) is 6.00. The summed E-state index contributed by atoms with van der Waals surface area (Å²) in [5.41, 5.74) is 3.70. The van der Waals surface area contributed by atoms with Crippen molar-refractivity contribution in [3.8, 4) is 0 Å². The molecule has 1 atom stereocenters. The van der Waals surface area contributed by atoms with Gasteiger partial charge in [0.15, 0.2) is 0 Å². The minimum atomic E-state index is -0.451. The van der Waals surface area contributed by atoms with Crippen LogP contribution in [0.3, 0.4) is 0 Å². The molecule has 3 amide bonds. The van der Waals surface area contributed by atoms with Crippen LogP contribution < -0.4 is 4.90 Å². The van der Waals surface area contributed by atoms with Crippen LogP contribution in [0.15, 0.2) is 72.8 Å². The summed E-state index contributed by atoms with van der Waals surface area (Å²) >= 11 is 6.39. The zero-order chi connectivity index (χ0) is 30.3. The minimum absolute atomic E-state index is 0.0426. The molecular weight excluding hydrogens is 567 g/mol. The molecule has 0 saturated carbocycles. The maximum atomic E-state index is 14.1. The number of hydrogen-bond acceptors (Lipinski definition) is 4. The first kappa shape index (κ1) is 30.7. The quantitative estimate of drug-likeness (QED) is 0.390. The molecule has 43 heavy (non-hydrogen) atoms. The minimum Gasteiger partial charge on any atom is -0.342 e. The smallest absolute Gasteiger partial charge is 0.228 e. The number of carbonyl (C=O) groups excluding carboxylic acids is 3. The third-order valence-corrected chi connectivity index (χ3v) is 8.56. The van der Waals surface area contributed by atoms with Crippen molar-refractivity contribution in [3.63, 3.8) is 0 Å². The Kier molecular flexibility index (Phi) is 10.1. The highest BCUT2D eigenvalue weighted by atomic mass is 35.5. The zero-order valence-electron chi connectivity index (χ0n) is 24.6. The summed E-state index contributed by atoms with van der Waals surface area (Å²) in [6, 6.07) is 22.0. The van der Waals surface area contributed by atoms with E-state index in [9.17, 15) is 18.8 Å². The van der Waals surface area contributed by atoms with Gasteiger partial charge in [-0.3, -0.25) is 19.3 Å². The Morgan fingerprint density at radius 3 is 2.44 bits per heavy atom. The summed E-state index contributed by atoms with van der Waals surface area (Å²) in [6.07, 6.45) is 1.53. The number of nitrogens with zero attached hydrogens (tertiary/aromatic N) is 4. The van der Waals surface area contributed by atoms with E-state index in [1.165, 1.54) is 17.7 Å². The normalized spacial score (nSPS) is 18.3. The lowest BCUT2D eigenvalue weighted by Crippen LogP contribution is -2.42. The van der Waals surface area contributed by atoms with E-state index in [0.29, 0.717) is 50.7 Å². The van der Waals surface area contributed by atoms with Gasteiger partial charge in [-0.25, -0.2) is 4.39 Å². The fourth-order valence-corrected chi connectivity index (χ4v) is 6.16. The summed E-state index contributed by atoms with van der Waals surface area (Å²) in [7, 11) is 0. The molecule has 9 heteroatoms. The Morgan fingerprint density at radius 1 is 0.930 bits per heavy atom. The average molecular weight is 605 g/mol. The van der Waals surface area contributed by atoms with E-state index >= 15 is 0 Å². The zero-order valence-corrected chi connectivity index (χ0v) is 25.3. The molecule has 2 aliphatic heterocycles. The van der Waals surface area contributed by atoms with E-state index in [4.69, 9.17) is 11.6 Å². The van der Waals surface area contributed by atoms with Crippen molar-refractivity contribution >= 4 is 35.0 Å². The van der Waals surface area contributed by atoms with Gasteiger partial charge in [-0.1, -0.05) is 60.1 Å². The van der Waals surface area contributed by atoms with Crippen molar-refractivity contribution in [2.45, 2.75) is 39.3 Å². The van der Waals surface area contributed by atoms with E-state index < -0.39 is 5.92 Å². The second kappa shape index (κ2) is 14.1. The van der Waals surface area contributed by atoms with Gasteiger partial charge in [-0.2, -0.15) is 0 Å². The number of carbonyl (C=O) groups is 3. The fraction of sp³-hybridized carbons (Fsp3) is 0.382. The molecule has 1 fully saturated rings. The van der Waals surface area contributed by atoms with E-state index in [1.54, 1.807) is 41.0 Å². The first-order chi connectivity index (χ1) is 20.8. The number of halogens is 2. The monoisotopic (exact) mass is 604 g/mol. The molecule has 2 aliphatic rings. The third kappa shape index (κ3) is 8.00. The number of amides is 3. The lowest BCUT2D eigenvalue weighted by atomic mass is 10.1.